The van der Waals surface area contributed by atoms with Gasteiger partial charge in [-0.05, 0) is 85.7 Å². The fourth-order valence-corrected chi connectivity index (χ4v) is 7.77. The first-order valence-electron chi connectivity index (χ1n) is 24.2. The number of benzene rings is 4. The first kappa shape index (κ1) is 69.3. The summed E-state index contributed by atoms with van der Waals surface area (Å²) in [5.41, 5.74) is 13.4. The topological polar surface area (TPSA) is 289 Å². The molecule has 4 aromatic carbocycles. The third kappa shape index (κ3) is 26.1. The summed E-state index contributed by atoms with van der Waals surface area (Å²) in [5.74, 6) is -1.80. The number of carbonyl (C=O) groups is 5. The van der Waals surface area contributed by atoms with E-state index in [9.17, 15) is 27.6 Å². The largest absolute Gasteiger partial charge is 0.480 e. The van der Waals surface area contributed by atoms with Crippen LogP contribution in [0.4, 0.5) is 5.69 Å². The Kier molecular flexibility index (Phi) is 31.3. The van der Waals surface area contributed by atoms with E-state index in [1.807, 2.05) is 155 Å². The van der Waals surface area contributed by atoms with Crippen molar-refractivity contribution in [1.29, 1.82) is 0 Å². The molecule has 21 nitrogen and oxygen atoms in total. The van der Waals surface area contributed by atoms with Crippen molar-refractivity contribution in [3.8, 4) is 0 Å². The molecule has 0 spiro atoms. The zero-order valence-electron chi connectivity index (χ0n) is 46.7. The number of anilines is 1. The number of nitrogens with one attached hydrogen (secondary N) is 5. The van der Waals surface area contributed by atoms with Gasteiger partial charge in [0.2, 0.25) is 27.7 Å². The monoisotopic (exact) mass is 1090 g/mol. The number of carboxylic acids is 1. The second-order valence-electron chi connectivity index (χ2n) is 17.8. The number of para-hydroxylation sites is 4. The third-order valence-electron chi connectivity index (χ3n) is 11.0. The minimum Gasteiger partial charge on any atom is -0.480 e. The van der Waals surface area contributed by atoms with Gasteiger partial charge in [-0.1, -0.05) is 80.2 Å². The highest BCUT2D eigenvalue weighted by Crippen LogP contribution is 2.17. The average molecular weight is 1090 g/mol. The van der Waals surface area contributed by atoms with Crippen LogP contribution in [0.15, 0.2) is 103 Å². The molecule has 8 N–H and O–H groups in total. The van der Waals surface area contributed by atoms with E-state index in [4.69, 9.17) is 15.6 Å². The second kappa shape index (κ2) is 34.8. The van der Waals surface area contributed by atoms with Gasteiger partial charge < -0.3 is 36.8 Å². The molecular weight excluding hydrogens is 1000 g/mol. The van der Waals surface area contributed by atoms with E-state index in [1.165, 1.54) is 67.5 Å². The van der Waals surface area contributed by atoms with Crippen molar-refractivity contribution in [3.05, 3.63) is 120 Å². The van der Waals surface area contributed by atoms with E-state index in [2.05, 4.69) is 77.7 Å². The maximum atomic E-state index is 10.9. The van der Waals surface area contributed by atoms with Crippen molar-refractivity contribution in [2.45, 2.75) is 120 Å². The number of fused-ring (bicyclic) bond motifs is 3. The number of rotatable bonds is 12. The molecule has 0 bridgehead atoms. The normalized spacial score (nSPS) is 12.5. The first-order chi connectivity index (χ1) is 35.5. The van der Waals surface area contributed by atoms with Crippen LogP contribution in [0.25, 0.3) is 32.7 Å². The van der Waals surface area contributed by atoms with Gasteiger partial charge >= 0.3 is 5.97 Å². The fourth-order valence-electron chi connectivity index (χ4n) is 7.00. The molecule has 6 atom stereocenters. The summed E-state index contributed by atoms with van der Waals surface area (Å²) in [7, 11) is 3.58. The lowest BCUT2D eigenvalue weighted by molar-refractivity contribution is -0.139. The number of sulfonamides is 1. The minimum atomic E-state index is -3.63. The lowest BCUT2D eigenvalue weighted by Gasteiger charge is -2.22. The lowest BCUT2D eigenvalue weighted by atomic mass is 10.1. The fraction of sp³-hybridized carbons (Fsp3) is 0.418. The Balaban J connectivity index is 0.000000891. The molecule has 3 heterocycles. The zero-order chi connectivity index (χ0) is 57.9. The lowest BCUT2D eigenvalue weighted by Crippen LogP contribution is -2.53. The molecule has 7 aromatic rings. The highest BCUT2D eigenvalue weighted by Gasteiger charge is 2.28. The SMILES string of the molecule is C.CC(=O)NC(C)C(C)N.CC(=O)NC(C)C(C)Nc1ccccc1.CC(=O)NC(C)C(NS(C)(=O)=O)C(=O)O.COC=O.Cc1nn(C)c2ccccc12.Cc1nn(C)c2ccccc12.Cc1nn(C)c2ccccc12. The van der Waals surface area contributed by atoms with Crippen LogP contribution in [0, 0.1) is 20.8 Å². The first-order valence-corrected chi connectivity index (χ1v) is 26.1. The van der Waals surface area contributed by atoms with Crippen LogP contribution in [0.2, 0.25) is 0 Å². The number of carbonyl (C=O) groups excluding carboxylic acids is 4. The molecule has 0 saturated heterocycles. The molecule has 6 unspecified atom stereocenters. The highest BCUT2D eigenvalue weighted by molar-refractivity contribution is 7.88. The molecule has 424 valence electrons. The van der Waals surface area contributed by atoms with Gasteiger partial charge in [-0.15, -0.1) is 0 Å². The summed E-state index contributed by atoms with van der Waals surface area (Å²) in [4.78, 5) is 51.6. The van der Waals surface area contributed by atoms with Crippen molar-refractivity contribution in [1.82, 2.24) is 50.0 Å². The Hall–Kier alpha value is -7.69. The number of aromatic nitrogens is 6. The molecule has 0 fully saturated rings. The Morgan fingerprint density at radius 2 is 0.896 bits per heavy atom. The number of amides is 3. The van der Waals surface area contributed by atoms with Crippen LogP contribution in [0.1, 0.15) is 79.9 Å². The Morgan fingerprint density at radius 3 is 1.17 bits per heavy atom. The van der Waals surface area contributed by atoms with Gasteiger partial charge in [0.1, 0.15) is 6.04 Å². The summed E-state index contributed by atoms with van der Waals surface area (Å²) >= 11 is 0. The molecular formula is C55H84N12O9S. The molecule has 0 saturated carbocycles. The summed E-state index contributed by atoms with van der Waals surface area (Å²) in [6.45, 7) is 19.9. The Bertz CT molecular complexity index is 2720. The number of ether oxygens (including phenoxy) is 1. The van der Waals surface area contributed by atoms with Gasteiger partial charge in [0.05, 0.1) is 53.0 Å². The van der Waals surface area contributed by atoms with E-state index in [0.717, 1.165) is 29.0 Å². The van der Waals surface area contributed by atoms with Crippen molar-refractivity contribution in [3.63, 3.8) is 0 Å². The standard InChI is InChI=1S/C12H18N2O.3C9H10N2.C7H14N2O5S.C6H14N2O.C2H4O2.CH4/c1-9(13-11(3)15)10(2)14-12-7-5-4-6-8-12;3*1-7-8-5-3-4-6-9(8)11(2)10-7;1-4(8-5(2)10)6(7(11)12)9-15(3,13)14;1-4(7)5(2)8-6(3)9;1-4-2-3;/h4-10,14H,1-3H3,(H,13,15);3*3-6H,1-2H3;4,6,9H,1-3H3,(H,8,10)(H,11,12);4-5H,7H2,1-3H3,(H,8,9);2H,1H3;1H4. The van der Waals surface area contributed by atoms with Gasteiger partial charge in [0, 0.05) is 87.9 Å². The number of nitrogens with two attached hydrogens (primary N) is 1. The maximum absolute atomic E-state index is 10.9. The predicted molar refractivity (Wildman–Crippen MR) is 309 cm³/mol. The minimum absolute atomic E-state index is 0. The van der Waals surface area contributed by atoms with E-state index in [-0.39, 0.29) is 43.4 Å². The van der Waals surface area contributed by atoms with Crippen molar-refractivity contribution in [2.24, 2.45) is 26.9 Å². The van der Waals surface area contributed by atoms with Gasteiger partial charge in [0.25, 0.3) is 6.47 Å². The molecule has 3 amide bonds. The van der Waals surface area contributed by atoms with Crippen LogP contribution in [0.5, 0.6) is 0 Å². The average Bonchev–Trinajstić information content (AvgIpc) is 3.94. The summed E-state index contributed by atoms with van der Waals surface area (Å²) in [6.07, 6.45) is 0.851. The smallest absolute Gasteiger partial charge is 0.323 e. The van der Waals surface area contributed by atoms with Crippen molar-refractivity contribution >= 4 is 78.6 Å². The number of hydrogen-bond donors (Lipinski definition) is 7. The Morgan fingerprint density at radius 1 is 0.584 bits per heavy atom. The van der Waals surface area contributed by atoms with Crippen LogP contribution in [0.3, 0.4) is 0 Å². The molecule has 22 heteroatoms. The second-order valence-corrected chi connectivity index (χ2v) is 19.6. The molecule has 0 aliphatic carbocycles. The van der Waals surface area contributed by atoms with Crippen LogP contribution >= 0.6 is 0 Å². The number of nitrogens with zero attached hydrogens (tertiary/aromatic N) is 6. The maximum Gasteiger partial charge on any atom is 0.323 e. The van der Waals surface area contributed by atoms with Gasteiger partial charge in [0.15, 0.2) is 0 Å². The molecule has 3 aromatic heterocycles. The quantitative estimate of drug-likeness (QED) is 0.0648. The summed E-state index contributed by atoms with van der Waals surface area (Å²) in [6, 6.07) is 32.9. The van der Waals surface area contributed by atoms with Gasteiger partial charge in [-0.2, -0.15) is 20.0 Å². The van der Waals surface area contributed by atoms with Crippen LogP contribution in [-0.4, -0.2) is 123 Å². The number of methoxy groups -OCH3 is 1. The third-order valence-corrected chi connectivity index (χ3v) is 11.7. The predicted octanol–water partition coefficient (Wildman–Crippen LogP) is 6.45. The zero-order valence-corrected chi connectivity index (χ0v) is 47.6. The number of aliphatic carboxylic acids is 1. The molecule has 77 heavy (non-hydrogen) atoms. The number of aryl methyl sites for hydroxylation is 6. The van der Waals surface area contributed by atoms with E-state index in [0.29, 0.717) is 6.47 Å². The number of hydrogen-bond acceptors (Lipinski definition) is 13. The van der Waals surface area contributed by atoms with Crippen molar-refractivity contribution < 1.29 is 42.2 Å². The van der Waals surface area contributed by atoms with Gasteiger partial charge in [-0.25, -0.2) is 8.42 Å². The summed E-state index contributed by atoms with van der Waals surface area (Å²) in [5, 5.41) is 36.6. The van der Waals surface area contributed by atoms with E-state index < -0.39 is 34.0 Å². The molecule has 0 aliphatic heterocycles. The van der Waals surface area contributed by atoms with Crippen LogP contribution < -0.4 is 31.7 Å². The van der Waals surface area contributed by atoms with Crippen LogP contribution in [-0.2, 0) is 59.9 Å². The van der Waals surface area contributed by atoms with Crippen molar-refractivity contribution in [2.75, 3.05) is 18.7 Å². The summed E-state index contributed by atoms with van der Waals surface area (Å²) < 4.78 is 33.2. The molecule has 0 aliphatic rings. The van der Waals surface area contributed by atoms with E-state index in [1.54, 1.807) is 0 Å². The Labute approximate surface area is 454 Å². The van der Waals surface area contributed by atoms with E-state index >= 15 is 0 Å². The molecule has 7 rings (SSSR count). The van der Waals surface area contributed by atoms with Gasteiger partial charge in [-0.3, -0.25) is 38.0 Å². The molecule has 0 radical (unpaired) electrons. The number of carboxylic acid groups (broad SMARTS) is 1. The highest BCUT2D eigenvalue weighted by atomic mass is 32.2.